The van der Waals surface area contributed by atoms with Crippen LogP contribution < -0.4 is 25.6 Å². The number of nitrogens with zero attached hydrogens (tertiary/aromatic N) is 2. The van der Waals surface area contributed by atoms with Crippen LogP contribution in [0.1, 0.15) is 13.8 Å². The van der Waals surface area contributed by atoms with Gasteiger partial charge in [-0.25, -0.2) is 0 Å². The molecule has 0 aromatic heterocycles. The van der Waals surface area contributed by atoms with Gasteiger partial charge in [-0.3, -0.25) is 19.3 Å². The highest BCUT2D eigenvalue weighted by Gasteiger charge is 2.35. The van der Waals surface area contributed by atoms with Gasteiger partial charge in [0.1, 0.15) is 12.3 Å². The van der Waals surface area contributed by atoms with Crippen molar-refractivity contribution in [3.63, 3.8) is 0 Å². The quantitative estimate of drug-likeness (QED) is 0.749. The molecule has 0 saturated heterocycles. The first-order valence-electron chi connectivity index (χ1n) is 9.26. The molecule has 2 aromatic carbocycles. The Labute approximate surface area is 169 Å². The maximum absolute atomic E-state index is 13.2. The molecule has 8 heteroatoms. The molecule has 152 valence electrons. The van der Waals surface area contributed by atoms with Gasteiger partial charge in [0.15, 0.2) is 6.04 Å². The van der Waals surface area contributed by atoms with Crippen LogP contribution in [0.15, 0.2) is 48.5 Å². The van der Waals surface area contributed by atoms with Crippen LogP contribution in [0.2, 0.25) is 0 Å². The summed E-state index contributed by atoms with van der Waals surface area (Å²) >= 11 is 0. The Bertz CT molecular complexity index is 927. The Hall–Kier alpha value is -3.39. The van der Waals surface area contributed by atoms with Gasteiger partial charge in [0.05, 0.1) is 18.5 Å². The molecule has 0 radical (unpaired) electrons. The van der Waals surface area contributed by atoms with Gasteiger partial charge in [-0.15, -0.1) is 0 Å². The van der Waals surface area contributed by atoms with E-state index in [0.29, 0.717) is 22.8 Å². The number of para-hydroxylation sites is 2. The third kappa shape index (κ3) is 4.07. The highest BCUT2D eigenvalue weighted by Crippen LogP contribution is 2.29. The lowest BCUT2D eigenvalue weighted by Gasteiger charge is -2.30. The van der Waals surface area contributed by atoms with Gasteiger partial charge in [-0.2, -0.15) is 0 Å². The molecule has 1 heterocycles. The van der Waals surface area contributed by atoms with E-state index in [2.05, 4.69) is 5.32 Å². The van der Waals surface area contributed by atoms with Crippen molar-refractivity contribution >= 4 is 34.8 Å². The van der Waals surface area contributed by atoms with E-state index in [4.69, 9.17) is 10.5 Å². The third-order valence-electron chi connectivity index (χ3n) is 4.70. The molecular formula is C21H24N4O4. The zero-order chi connectivity index (χ0) is 21.1. The summed E-state index contributed by atoms with van der Waals surface area (Å²) in [6, 6.07) is 12.4. The molecule has 0 fully saturated rings. The number of amides is 3. The lowest BCUT2D eigenvalue weighted by molar-refractivity contribution is -0.128. The number of benzene rings is 2. The van der Waals surface area contributed by atoms with Crippen LogP contribution in [0.5, 0.6) is 5.75 Å². The van der Waals surface area contributed by atoms with Crippen LogP contribution in [-0.4, -0.2) is 43.5 Å². The summed E-state index contributed by atoms with van der Waals surface area (Å²) in [6.45, 7) is 3.52. The Morgan fingerprint density at radius 1 is 1.17 bits per heavy atom. The van der Waals surface area contributed by atoms with Gasteiger partial charge >= 0.3 is 0 Å². The maximum Gasteiger partial charge on any atom is 0.254 e. The second-order valence-corrected chi connectivity index (χ2v) is 6.96. The van der Waals surface area contributed by atoms with E-state index < -0.39 is 17.9 Å². The van der Waals surface area contributed by atoms with Crippen molar-refractivity contribution in [3.8, 4) is 5.75 Å². The predicted molar refractivity (Wildman–Crippen MR) is 111 cm³/mol. The number of nitrogens with two attached hydrogens (primary N) is 1. The molecule has 0 spiro atoms. The fourth-order valence-electron chi connectivity index (χ4n) is 3.27. The normalized spacial score (nSPS) is 16.2. The Kier molecular flexibility index (Phi) is 5.84. The molecule has 29 heavy (non-hydrogen) atoms. The summed E-state index contributed by atoms with van der Waals surface area (Å²) in [5, 5.41) is 2.64. The third-order valence-corrected chi connectivity index (χ3v) is 4.70. The van der Waals surface area contributed by atoms with Gasteiger partial charge < -0.3 is 20.7 Å². The van der Waals surface area contributed by atoms with Crippen LogP contribution in [0.3, 0.4) is 0 Å². The SMILES string of the molecule is COc1ccc(N(C(=O)CN2C(=O)C(N)C(=O)Nc3ccccc32)C(C)C)cc1. The number of methoxy groups -OCH3 is 1. The molecule has 8 nitrogen and oxygen atoms in total. The number of hydrogen-bond donors (Lipinski definition) is 2. The summed E-state index contributed by atoms with van der Waals surface area (Å²) in [5.41, 5.74) is 7.36. The van der Waals surface area contributed by atoms with Crippen molar-refractivity contribution in [1.29, 1.82) is 0 Å². The summed E-state index contributed by atoms with van der Waals surface area (Å²) in [4.78, 5) is 41.1. The van der Waals surface area contributed by atoms with Crippen LogP contribution in [0.4, 0.5) is 17.1 Å². The Morgan fingerprint density at radius 2 is 1.83 bits per heavy atom. The average molecular weight is 396 g/mol. The van der Waals surface area contributed by atoms with Crippen molar-refractivity contribution in [2.24, 2.45) is 5.73 Å². The number of anilines is 3. The highest BCUT2D eigenvalue weighted by molar-refractivity contribution is 6.20. The van der Waals surface area contributed by atoms with Crippen molar-refractivity contribution in [2.45, 2.75) is 25.9 Å². The van der Waals surface area contributed by atoms with Gasteiger partial charge in [0, 0.05) is 11.7 Å². The first-order chi connectivity index (χ1) is 13.8. The Morgan fingerprint density at radius 3 is 2.45 bits per heavy atom. The minimum absolute atomic E-state index is 0.151. The van der Waals surface area contributed by atoms with E-state index in [-0.39, 0.29) is 18.5 Å². The number of ether oxygens (including phenoxy) is 1. The van der Waals surface area contributed by atoms with Crippen molar-refractivity contribution in [1.82, 2.24) is 0 Å². The van der Waals surface area contributed by atoms with E-state index in [1.165, 1.54) is 4.90 Å². The van der Waals surface area contributed by atoms with E-state index in [0.717, 1.165) is 0 Å². The van der Waals surface area contributed by atoms with Crippen LogP contribution in [-0.2, 0) is 14.4 Å². The van der Waals surface area contributed by atoms with Crippen molar-refractivity contribution < 1.29 is 19.1 Å². The van der Waals surface area contributed by atoms with E-state index >= 15 is 0 Å². The number of carbonyl (C=O) groups is 3. The predicted octanol–water partition coefficient (Wildman–Crippen LogP) is 1.75. The van der Waals surface area contributed by atoms with E-state index in [1.54, 1.807) is 60.5 Å². The number of nitrogens with one attached hydrogen (secondary N) is 1. The Balaban J connectivity index is 1.93. The van der Waals surface area contributed by atoms with E-state index in [1.807, 2.05) is 13.8 Å². The largest absolute Gasteiger partial charge is 0.497 e. The molecular weight excluding hydrogens is 372 g/mol. The molecule has 3 rings (SSSR count). The average Bonchev–Trinajstić information content (AvgIpc) is 2.79. The van der Waals surface area contributed by atoms with Gasteiger partial charge in [-0.1, -0.05) is 12.1 Å². The van der Waals surface area contributed by atoms with Crippen molar-refractivity contribution in [2.75, 3.05) is 28.8 Å². The second kappa shape index (κ2) is 8.32. The molecule has 1 atom stereocenters. The molecule has 1 aliphatic rings. The monoisotopic (exact) mass is 396 g/mol. The molecule has 3 N–H and O–H groups in total. The number of carbonyl (C=O) groups excluding carboxylic acids is 3. The first-order valence-corrected chi connectivity index (χ1v) is 9.26. The topological polar surface area (TPSA) is 105 Å². The zero-order valence-electron chi connectivity index (χ0n) is 16.6. The van der Waals surface area contributed by atoms with Crippen molar-refractivity contribution in [3.05, 3.63) is 48.5 Å². The second-order valence-electron chi connectivity index (χ2n) is 6.96. The molecule has 2 aromatic rings. The fraction of sp³-hybridized carbons (Fsp3) is 0.286. The zero-order valence-corrected chi connectivity index (χ0v) is 16.6. The number of rotatable bonds is 5. The lowest BCUT2D eigenvalue weighted by Crippen LogP contribution is -2.52. The van der Waals surface area contributed by atoms with Gasteiger partial charge in [0.2, 0.25) is 5.91 Å². The fourth-order valence-corrected chi connectivity index (χ4v) is 3.27. The smallest absolute Gasteiger partial charge is 0.254 e. The standard InChI is InChI=1S/C21H24N4O4/c1-13(2)25(14-8-10-15(29-3)11-9-14)18(26)12-24-17-7-5-4-6-16(17)23-20(27)19(22)21(24)28/h4-11,13,19H,12,22H2,1-3H3,(H,23,27). The molecule has 0 saturated carbocycles. The summed E-state index contributed by atoms with van der Waals surface area (Å²) < 4.78 is 5.17. The first kappa shape index (κ1) is 20.3. The minimum Gasteiger partial charge on any atom is -0.497 e. The molecule has 0 bridgehead atoms. The molecule has 3 amide bonds. The van der Waals surface area contributed by atoms with E-state index in [9.17, 15) is 14.4 Å². The van der Waals surface area contributed by atoms with Crippen LogP contribution >= 0.6 is 0 Å². The summed E-state index contributed by atoms with van der Waals surface area (Å²) in [7, 11) is 1.57. The molecule has 1 aliphatic heterocycles. The van der Waals surface area contributed by atoms with Gasteiger partial charge in [0.25, 0.3) is 11.8 Å². The maximum atomic E-state index is 13.2. The lowest BCUT2D eigenvalue weighted by atomic mass is 10.2. The van der Waals surface area contributed by atoms with Crippen LogP contribution in [0, 0.1) is 0 Å². The molecule has 1 unspecified atom stereocenters. The van der Waals surface area contributed by atoms with Gasteiger partial charge in [-0.05, 0) is 50.2 Å². The summed E-state index contributed by atoms with van der Waals surface area (Å²) in [5.74, 6) is -0.848. The number of hydrogen-bond acceptors (Lipinski definition) is 5. The highest BCUT2D eigenvalue weighted by atomic mass is 16.5. The molecule has 0 aliphatic carbocycles. The van der Waals surface area contributed by atoms with Crippen LogP contribution in [0.25, 0.3) is 0 Å². The summed E-state index contributed by atoms with van der Waals surface area (Å²) in [6.07, 6.45) is 0. The number of fused-ring (bicyclic) bond motifs is 1. The minimum atomic E-state index is -1.39.